The number of benzene rings is 1. The van der Waals surface area contributed by atoms with Crippen molar-refractivity contribution in [2.75, 3.05) is 50.8 Å². The van der Waals surface area contributed by atoms with E-state index in [9.17, 15) is 9.90 Å². The van der Waals surface area contributed by atoms with Gasteiger partial charge in [-0.05, 0) is 29.7 Å². The monoisotopic (exact) mass is 435 g/mol. The molecule has 8 nitrogen and oxygen atoms in total. The Labute approximate surface area is 187 Å². The number of nitrogens with one attached hydrogen (secondary N) is 1. The van der Waals surface area contributed by atoms with Crippen LogP contribution in [0.4, 0.5) is 5.69 Å². The summed E-state index contributed by atoms with van der Waals surface area (Å²) in [5, 5.41) is 13.3. The van der Waals surface area contributed by atoms with Gasteiger partial charge in [-0.3, -0.25) is 9.69 Å². The average Bonchev–Trinajstić information content (AvgIpc) is 3.27. The van der Waals surface area contributed by atoms with Crippen LogP contribution in [0.2, 0.25) is 0 Å². The van der Waals surface area contributed by atoms with Crippen molar-refractivity contribution < 1.29 is 14.6 Å². The number of carbonyl (C=O) groups is 1. The van der Waals surface area contributed by atoms with Gasteiger partial charge in [-0.15, -0.1) is 0 Å². The summed E-state index contributed by atoms with van der Waals surface area (Å²) in [6, 6.07) is 12.4. The molecule has 0 saturated carbocycles. The first-order chi connectivity index (χ1) is 15.7. The Morgan fingerprint density at radius 1 is 1.09 bits per heavy atom. The molecular formula is C24H29N5O3. The number of carbonyl (C=O) groups excluding carboxylic acids is 1. The SMILES string of the molecule is O=C(NCC(O)CN1CCc2ccccc2C1)c1cn2cc(N3CCOCC3)ccc2n1. The molecule has 1 atom stereocenters. The fourth-order valence-electron chi connectivity index (χ4n) is 4.47. The van der Waals surface area contributed by atoms with Crippen LogP contribution in [0.3, 0.4) is 0 Å². The number of aliphatic hydroxyl groups is 1. The molecule has 32 heavy (non-hydrogen) atoms. The van der Waals surface area contributed by atoms with E-state index in [-0.39, 0.29) is 12.5 Å². The number of fused-ring (bicyclic) bond motifs is 2. The van der Waals surface area contributed by atoms with Crippen LogP contribution in [0.1, 0.15) is 21.6 Å². The molecule has 0 radical (unpaired) electrons. The van der Waals surface area contributed by atoms with E-state index in [1.165, 1.54) is 11.1 Å². The van der Waals surface area contributed by atoms with E-state index >= 15 is 0 Å². The molecule has 0 aliphatic carbocycles. The van der Waals surface area contributed by atoms with E-state index in [1.807, 2.05) is 22.7 Å². The summed E-state index contributed by atoms with van der Waals surface area (Å²) in [5.41, 5.74) is 4.86. The van der Waals surface area contributed by atoms with E-state index < -0.39 is 6.10 Å². The van der Waals surface area contributed by atoms with Crippen LogP contribution in [0.25, 0.3) is 5.65 Å². The number of amides is 1. The van der Waals surface area contributed by atoms with Gasteiger partial charge >= 0.3 is 0 Å². The molecule has 2 aromatic heterocycles. The van der Waals surface area contributed by atoms with E-state index in [0.717, 1.165) is 57.1 Å². The third-order valence-electron chi connectivity index (χ3n) is 6.22. The Balaban J connectivity index is 1.16. The summed E-state index contributed by atoms with van der Waals surface area (Å²) in [5.74, 6) is -0.273. The minimum absolute atomic E-state index is 0.198. The van der Waals surface area contributed by atoms with Crippen LogP contribution in [0.5, 0.6) is 0 Å². The lowest BCUT2D eigenvalue weighted by molar-refractivity contribution is 0.0838. The van der Waals surface area contributed by atoms with Gasteiger partial charge in [-0.25, -0.2) is 4.98 Å². The van der Waals surface area contributed by atoms with Crippen molar-refractivity contribution in [3.05, 3.63) is 65.6 Å². The van der Waals surface area contributed by atoms with Gasteiger partial charge in [-0.2, -0.15) is 0 Å². The molecule has 2 aliphatic heterocycles. The molecule has 1 fully saturated rings. The van der Waals surface area contributed by atoms with Crippen molar-refractivity contribution in [2.24, 2.45) is 0 Å². The Bertz CT molecular complexity index is 1090. The van der Waals surface area contributed by atoms with Gasteiger partial charge in [-0.1, -0.05) is 24.3 Å². The number of nitrogens with zero attached hydrogens (tertiary/aromatic N) is 4. The molecule has 168 valence electrons. The number of hydrogen-bond acceptors (Lipinski definition) is 6. The van der Waals surface area contributed by atoms with Gasteiger partial charge in [0.25, 0.3) is 5.91 Å². The fourth-order valence-corrected chi connectivity index (χ4v) is 4.47. The van der Waals surface area contributed by atoms with Crippen LogP contribution >= 0.6 is 0 Å². The van der Waals surface area contributed by atoms with E-state index in [2.05, 4.69) is 44.4 Å². The number of aliphatic hydroxyl groups excluding tert-OH is 1. The Kier molecular flexibility index (Phi) is 6.07. The third-order valence-corrected chi connectivity index (χ3v) is 6.22. The number of hydrogen-bond donors (Lipinski definition) is 2. The van der Waals surface area contributed by atoms with Crippen molar-refractivity contribution in [2.45, 2.75) is 19.1 Å². The summed E-state index contributed by atoms with van der Waals surface area (Å²) in [4.78, 5) is 21.6. The molecule has 0 spiro atoms. The maximum absolute atomic E-state index is 12.6. The zero-order chi connectivity index (χ0) is 21.9. The molecule has 5 rings (SSSR count). The molecule has 1 amide bonds. The predicted molar refractivity (Wildman–Crippen MR) is 122 cm³/mol. The van der Waals surface area contributed by atoms with Gasteiger partial charge < -0.3 is 24.5 Å². The zero-order valence-corrected chi connectivity index (χ0v) is 18.1. The van der Waals surface area contributed by atoms with Crippen LogP contribution in [-0.2, 0) is 17.7 Å². The largest absolute Gasteiger partial charge is 0.390 e. The van der Waals surface area contributed by atoms with Crippen LogP contribution in [-0.4, -0.2) is 77.3 Å². The molecule has 0 bridgehead atoms. The highest BCUT2D eigenvalue weighted by Crippen LogP contribution is 2.19. The number of imidazole rings is 1. The number of aromatic nitrogens is 2. The predicted octanol–water partition coefficient (Wildman–Crippen LogP) is 1.32. The van der Waals surface area contributed by atoms with Crippen LogP contribution < -0.4 is 10.2 Å². The smallest absolute Gasteiger partial charge is 0.271 e. The number of β-amino-alcohol motifs (C(OH)–C–C–N with tert-alkyl or cyclic N) is 1. The van der Waals surface area contributed by atoms with Gasteiger partial charge in [0.2, 0.25) is 0 Å². The zero-order valence-electron chi connectivity index (χ0n) is 18.1. The minimum Gasteiger partial charge on any atom is -0.390 e. The van der Waals surface area contributed by atoms with Gasteiger partial charge in [0.1, 0.15) is 11.3 Å². The minimum atomic E-state index is -0.630. The second-order valence-electron chi connectivity index (χ2n) is 8.50. The van der Waals surface area contributed by atoms with Crippen molar-refractivity contribution in [1.29, 1.82) is 0 Å². The van der Waals surface area contributed by atoms with Crippen molar-refractivity contribution >= 4 is 17.2 Å². The molecule has 1 saturated heterocycles. The second-order valence-corrected chi connectivity index (χ2v) is 8.50. The number of ether oxygens (including phenoxy) is 1. The van der Waals surface area contributed by atoms with E-state index in [4.69, 9.17) is 4.74 Å². The first-order valence-electron chi connectivity index (χ1n) is 11.2. The van der Waals surface area contributed by atoms with E-state index in [0.29, 0.717) is 12.2 Å². The number of rotatable bonds is 6. The van der Waals surface area contributed by atoms with Gasteiger partial charge in [0.05, 0.1) is 25.0 Å². The summed E-state index contributed by atoms with van der Waals surface area (Å²) < 4.78 is 7.29. The first-order valence-corrected chi connectivity index (χ1v) is 11.2. The molecule has 3 aromatic rings. The van der Waals surface area contributed by atoms with Gasteiger partial charge in [0.15, 0.2) is 0 Å². The van der Waals surface area contributed by atoms with Crippen molar-refractivity contribution in [1.82, 2.24) is 19.6 Å². The lowest BCUT2D eigenvalue weighted by atomic mass is 10.00. The fraction of sp³-hybridized carbons (Fsp3) is 0.417. The molecule has 4 heterocycles. The maximum Gasteiger partial charge on any atom is 0.271 e. The average molecular weight is 436 g/mol. The highest BCUT2D eigenvalue weighted by Gasteiger charge is 2.20. The Morgan fingerprint density at radius 3 is 2.75 bits per heavy atom. The van der Waals surface area contributed by atoms with Crippen LogP contribution in [0.15, 0.2) is 48.8 Å². The lowest BCUT2D eigenvalue weighted by Crippen LogP contribution is -2.42. The normalized spacial score (nSPS) is 17.8. The van der Waals surface area contributed by atoms with Crippen molar-refractivity contribution in [3.8, 4) is 0 Å². The van der Waals surface area contributed by atoms with Crippen LogP contribution in [0, 0.1) is 0 Å². The molecule has 8 heteroatoms. The second kappa shape index (κ2) is 9.28. The van der Waals surface area contributed by atoms with Crippen molar-refractivity contribution in [3.63, 3.8) is 0 Å². The maximum atomic E-state index is 12.6. The Hall–Kier alpha value is -2.94. The quantitative estimate of drug-likeness (QED) is 0.608. The first kappa shape index (κ1) is 20.9. The summed E-state index contributed by atoms with van der Waals surface area (Å²) in [6.45, 7) is 5.64. The third kappa shape index (κ3) is 4.62. The number of anilines is 1. The molecule has 2 aliphatic rings. The molecule has 1 aromatic carbocycles. The number of morpholine rings is 1. The highest BCUT2D eigenvalue weighted by atomic mass is 16.5. The standard InChI is InChI=1S/C24H29N5O3/c30-21(16-27-8-7-18-3-1-2-4-19(18)14-27)13-25-24(31)22-17-29-15-20(5-6-23(29)26-22)28-9-11-32-12-10-28/h1-6,15,17,21,30H,7-14,16H2,(H,25,31). The molecule has 2 N–H and O–H groups in total. The molecule has 1 unspecified atom stereocenters. The Morgan fingerprint density at radius 2 is 1.91 bits per heavy atom. The number of pyridine rings is 1. The molecular weight excluding hydrogens is 406 g/mol. The topological polar surface area (TPSA) is 82.3 Å². The van der Waals surface area contributed by atoms with E-state index in [1.54, 1.807) is 6.20 Å². The summed E-state index contributed by atoms with van der Waals surface area (Å²) in [7, 11) is 0. The lowest BCUT2D eigenvalue weighted by Gasteiger charge is -2.30. The summed E-state index contributed by atoms with van der Waals surface area (Å²) >= 11 is 0. The summed E-state index contributed by atoms with van der Waals surface area (Å²) in [6.07, 6.45) is 4.09. The highest BCUT2D eigenvalue weighted by molar-refractivity contribution is 5.92. The van der Waals surface area contributed by atoms with Gasteiger partial charge in [0, 0.05) is 51.7 Å².